The van der Waals surface area contributed by atoms with Crippen molar-refractivity contribution in [3.8, 4) is 0 Å². The Bertz CT molecular complexity index is 582. The normalized spacial score (nSPS) is 12.4. The molecule has 1 atom stereocenters. The second kappa shape index (κ2) is 7.29. The minimum Gasteiger partial charge on any atom is -0.271 e. The summed E-state index contributed by atoms with van der Waals surface area (Å²) in [6, 6.07) is 12.3. The molecule has 0 aliphatic carbocycles. The number of nitrogens with two attached hydrogens (primary N) is 1. The lowest BCUT2D eigenvalue weighted by Crippen LogP contribution is -2.37. The Morgan fingerprint density at radius 1 is 1.00 bits per heavy atom. The lowest BCUT2D eigenvalue weighted by molar-refractivity contribution is 0.483. The van der Waals surface area contributed by atoms with Gasteiger partial charge in [0.25, 0.3) is 0 Å². The van der Waals surface area contributed by atoms with Crippen molar-refractivity contribution in [3.05, 3.63) is 70.8 Å². The van der Waals surface area contributed by atoms with E-state index in [-0.39, 0.29) is 6.04 Å². The van der Waals surface area contributed by atoms with Crippen LogP contribution in [0.1, 0.15) is 23.1 Å². The number of halogens is 2. The fourth-order valence-corrected chi connectivity index (χ4v) is 2.29. The molecule has 0 spiro atoms. The van der Waals surface area contributed by atoms with E-state index in [1.54, 1.807) is 6.07 Å². The van der Waals surface area contributed by atoms with Crippen LogP contribution in [0, 0.1) is 18.6 Å². The van der Waals surface area contributed by atoms with Crippen LogP contribution in [0.4, 0.5) is 8.78 Å². The third-order valence-electron chi connectivity index (χ3n) is 3.60. The predicted molar refractivity (Wildman–Crippen MR) is 80.7 cm³/mol. The zero-order valence-corrected chi connectivity index (χ0v) is 12.1. The highest BCUT2D eigenvalue weighted by Crippen LogP contribution is 2.13. The topological polar surface area (TPSA) is 38.0 Å². The van der Waals surface area contributed by atoms with Crippen molar-refractivity contribution in [1.82, 2.24) is 5.43 Å². The molecule has 112 valence electrons. The van der Waals surface area contributed by atoms with Crippen molar-refractivity contribution < 1.29 is 8.78 Å². The highest BCUT2D eigenvalue weighted by Gasteiger charge is 2.10. The molecule has 2 nitrogen and oxygen atoms in total. The molecule has 2 aromatic rings. The summed E-state index contributed by atoms with van der Waals surface area (Å²) < 4.78 is 26.1. The van der Waals surface area contributed by atoms with E-state index in [0.717, 1.165) is 24.5 Å². The van der Waals surface area contributed by atoms with Crippen LogP contribution in [-0.2, 0) is 12.8 Å². The van der Waals surface area contributed by atoms with E-state index in [1.807, 2.05) is 0 Å². The Balaban J connectivity index is 1.93. The summed E-state index contributed by atoms with van der Waals surface area (Å²) in [6.07, 6.45) is 2.29. The molecule has 2 aromatic carbocycles. The Morgan fingerprint density at radius 2 is 1.67 bits per heavy atom. The Morgan fingerprint density at radius 3 is 2.29 bits per heavy atom. The fraction of sp³-hybridized carbons (Fsp3) is 0.294. The van der Waals surface area contributed by atoms with Crippen LogP contribution < -0.4 is 11.3 Å². The van der Waals surface area contributed by atoms with Gasteiger partial charge < -0.3 is 0 Å². The summed E-state index contributed by atoms with van der Waals surface area (Å²) >= 11 is 0. The number of hydrogen-bond acceptors (Lipinski definition) is 2. The van der Waals surface area contributed by atoms with Crippen LogP contribution in [0.25, 0.3) is 0 Å². The molecule has 0 aliphatic rings. The first-order valence-electron chi connectivity index (χ1n) is 7.04. The lowest BCUT2D eigenvalue weighted by atomic mass is 9.99. The van der Waals surface area contributed by atoms with E-state index >= 15 is 0 Å². The van der Waals surface area contributed by atoms with Crippen molar-refractivity contribution in [2.24, 2.45) is 5.84 Å². The first kappa shape index (κ1) is 15.6. The van der Waals surface area contributed by atoms with Gasteiger partial charge in [0.2, 0.25) is 0 Å². The van der Waals surface area contributed by atoms with Gasteiger partial charge in [-0.1, -0.05) is 35.9 Å². The monoisotopic (exact) mass is 290 g/mol. The van der Waals surface area contributed by atoms with Gasteiger partial charge in [0.05, 0.1) is 0 Å². The van der Waals surface area contributed by atoms with Crippen molar-refractivity contribution in [3.63, 3.8) is 0 Å². The highest BCUT2D eigenvalue weighted by molar-refractivity contribution is 5.22. The Kier molecular flexibility index (Phi) is 5.42. The van der Waals surface area contributed by atoms with Gasteiger partial charge in [-0.05, 0) is 49.4 Å². The van der Waals surface area contributed by atoms with Crippen LogP contribution in [-0.4, -0.2) is 6.04 Å². The standard InChI is InChI=1S/C17H20F2N2/c1-12-2-4-13(5-3-12)6-8-15(21-20)10-14-7-9-16(18)17(19)11-14/h2-5,7,9,11,15,21H,6,8,10,20H2,1H3. The van der Waals surface area contributed by atoms with Crippen molar-refractivity contribution in [1.29, 1.82) is 0 Å². The highest BCUT2D eigenvalue weighted by atomic mass is 19.2. The van der Waals surface area contributed by atoms with Crippen LogP contribution in [0.5, 0.6) is 0 Å². The van der Waals surface area contributed by atoms with Crippen LogP contribution in [0.15, 0.2) is 42.5 Å². The van der Waals surface area contributed by atoms with Gasteiger partial charge in [-0.2, -0.15) is 0 Å². The Hall–Kier alpha value is -1.78. The van der Waals surface area contributed by atoms with Gasteiger partial charge in [0.15, 0.2) is 11.6 Å². The molecule has 0 heterocycles. The molecule has 0 bridgehead atoms. The summed E-state index contributed by atoms with van der Waals surface area (Å²) in [5.41, 5.74) is 5.96. The van der Waals surface area contributed by atoms with Crippen molar-refractivity contribution in [2.45, 2.75) is 32.2 Å². The third kappa shape index (κ3) is 4.62. The van der Waals surface area contributed by atoms with Crippen molar-refractivity contribution >= 4 is 0 Å². The predicted octanol–water partition coefficient (Wildman–Crippen LogP) is 3.28. The van der Waals surface area contributed by atoms with Gasteiger partial charge >= 0.3 is 0 Å². The van der Waals surface area contributed by atoms with Crippen LogP contribution in [0.3, 0.4) is 0 Å². The maximum Gasteiger partial charge on any atom is 0.159 e. The molecule has 3 N–H and O–H groups in total. The van der Waals surface area contributed by atoms with Gasteiger partial charge in [0, 0.05) is 6.04 Å². The largest absolute Gasteiger partial charge is 0.271 e. The lowest BCUT2D eigenvalue weighted by Gasteiger charge is -2.16. The second-order valence-corrected chi connectivity index (χ2v) is 5.34. The molecule has 21 heavy (non-hydrogen) atoms. The summed E-state index contributed by atoms with van der Waals surface area (Å²) in [7, 11) is 0. The summed E-state index contributed by atoms with van der Waals surface area (Å²) in [5.74, 6) is 3.92. The molecular weight excluding hydrogens is 270 g/mol. The maximum absolute atomic E-state index is 13.2. The van der Waals surface area contributed by atoms with Gasteiger partial charge in [-0.15, -0.1) is 0 Å². The number of benzene rings is 2. The fourth-order valence-electron chi connectivity index (χ4n) is 2.29. The third-order valence-corrected chi connectivity index (χ3v) is 3.60. The second-order valence-electron chi connectivity index (χ2n) is 5.34. The molecule has 0 aliphatic heterocycles. The average Bonchev–Trinajstić information content (AvgIpc) is 2.49. The molecule has 0 fully saturated rings. The smallest absolute Gasteiger partial charge is 0.159 e. The molecular formula is C17H20F2N2. The zero-order valence-electron chi connectivity index (χ0n) is 12.1. The van der Waals surface area contributed by atoms with Crippen LogP contribution in [0.2, 0.25) is 0 Å². The quantitative estimate of drug-likeness (QED) is 0.633. The molecule has 0 saturated carbocycles. The zero-order chi connectivity index (χ0) is 15.2. The van der Waals surface area contributed by atoms with E-state index in [2.05, 4.69) is 36.6 Å². The van der Waals surface area contributed by atoms with E-state index in [0.29, 0.717) is 6.42 Å². The molecule has 0 radical (unpaired) electrons. The molecule has 0 aromatic heterocycles. The van der Waals surface area contributed by atoms with E-state index in [9.17, 15) is 8.78 Å². The Labute approximate surface area is 124 Å². The molecule has 1 unspecified atom stereocenters. The van der Waals surface area contributed by atoms with Crippen molar-refractivity contribution in [2.75, 3.05) is 0 Å². The number of nitrogens with one attached hydrogen (secondary N) is 1. The summed E-state index contributed by atoms with van der Waals surface area (Å²) in [5, 5.41) is 0. The average molecular weight is 290 g/mol. The number of rotatable bonds is 6. The molecule has 4 heteroatoms. The number of aryl methyl sites for hydroxylation is 2. The minimum absolute atomic E-state index is 0.0242. The minimum atomic E-state index is -0.823. The molecule has 2 rings (SSSR count). The number of hydrogen-bond donors (Lipinski definition) is 2. The summed E-state index contributed by atoms with van der Waals surface area (Å²) in [4.78, 5) is 0. The van der Waals surface area contributed by atoms with Crippen LogP contribution >= 0.6 is 0 Å². The van der Waals surface area contributed by atoms with Gasteiger partial charge in [0.1, 0.15) is 0 Å². The number of hydrazine groups is 1. The van der Waals surface area contributed by atoms with E-state index < -0.39 is 11.6 Å². The molecule has 0 amide bonds. The van der Waals surface area contributed by atoms with Gasteiger partial charge in [-0.3, -0.25) is 11.3 Å². The van der Waals surface area contributed by atoms with E-state index in [4.69, 9.17) is 5.84 Å². The SMILES string of the molecule is Cc1ccc(CCC(Cc2ccc(F)c(F)c2)NN)cc1. The first-order chi connectivity index (χ1) is 10.1. The summed E-state index contributed by atoms with van der Waals surface area (Å²) in [6.45, 7) is 2.05. The molecule has 0 saturated heterocycles. The van der Waals surface area contributed by atoms with E-state index in [1.165, 1.54) is 17.2 Å². The first-order valence-corrected chi connectivity index (χ1v) is 7.04. The van der Waals surface area contributed by atoms with Gasteiger partial charge in [-0.25, -0.2) is 8.78 Å². The maximum atomic E-state index is 13.2.